The van der Waals surface area contributed by atoms with Crippen LogP contribution >= 0.6 is 0 Å². The summed E-state index contributed by atoms with van der Waals surface area (Å²) < 4.78 is 16.5. The maximum absolute atomic E-state index is 14.3. The molecule has 4 atom stereocenters. The molecule has 1 aromatic carbocycles. The molecule has 1 aromatic heterocycles. The van der Waals surface area contributed by atoms with Gasteiger partial charge in [0.2, 0.25) is 0 Å². The van der Waals surface area contributed by atoms with E-state index in [9.17, 15) is 14.3 Å². The second-order valence-electron chi connectivity index (χ2n) is 13.9. The number of rotatable bonds is 11. The van der Waals surface area contributed by atoms with E-state index in [1.54, 1.807) is 6.07 Å². The minimum Gasteiger partial charge on any atom is -0.481 e. The summed E-state index contributed by atoms with van der Waals surface area (Å²) in [5, 5.41) is 15.2. The number of aliphatic carboxylic acids is 1. The zero-order valence-electron chi connectivity index (χ0n) is 25.0. The van der Waals surface area contributed by atoms with E-state index in [0.29, 0.717) is 17.8 Å². The predicted molar refractivity (Wildman–Crippen MR) is 160 cm³/mol. The van der Waals surface area contributed by atoms with Crippen molar-refractivity contribution in [3.05, 3.63) is 53.1 Å². The normalized spacial score (nSPS) is 27.3. The average molecular weight is 564 g/mol. The van der Waals surface area contributed by atoms with Crippen molar-refractivity contribution >= 4 is 5.97 Å². The Morgan fingerprint density at radius 1 is 1.02 bits per heavy atom. The molecule has 0 amide bonds. The van der Waals surface area contributed by atoms with Gasteiger partial charge in [-0.3, -0.25) is 9.48 Å². The Balaban J connectivity index is 1.10. The first-order valence-corrected chi connectivity index (χ1v) is 16.7. The van der Waals surface area contributed by atoms with E-state index >= 15 is 0 Å². The van der Waals surface area contributed by atoms with E-state index in [4.69, 9.17) is 5.10 Å². The summed E-state index contributed by atoms with van der Waals surface area (Å²) in [5.41, 5.74) is 3.78. The van der Waals surface area contributed by atoms with Crippen molar-refractivity contribution in [2.75, 3.05) is 19.6 Å². The number of piperidine rings is 1. The maximum Gasteiger partial charge on any atom is 0.306 e. The largest absolute Gasteiger partial charge is 0.481 e. The quantitative estimate of drug-likeness (QED) is 0.305. The fourth-order valence-corrected chi connectivity index (χ4v) is 8.65. The Hall–Kier alpha value is -2.21. The van der Waals surface area contributed by atoms with E-state index in [0.717, 1.165) is 76.2 Å². The second kappa shape index (κ2) is 13.0. The minimum absolute atomic E-state index is 0.186. The van der Waals surface area contributed by atoms with Crippen LogP contribution in [0.4, 0.5) is 4.39 Å². The SMILES string of the molecule is CCn1nc(CC2CCCCC2)cc1C1CCN(CC2CC(C(CC3CC3)C(=O)O)C[C@@H]2c2cccc(F)c2)CC1. The third kappa shape index (κ3) is 7.06. The Morgan fingerprint density at radius 2 is 1.80 bits per heavy atom. The van der Waals surface area contributed by atoms with Crippen LogP contribution in [0, 0.1) is 35.4 Å². The van der Waals surface area contributed by atoms with Crippen molar-refractivity contribution in [1.29, 1.82) is 0 Å². The summed E-state index contributed by atoms with van der Waals surface area (Å²) in [6.45, 7) is 6.27. The van der Waals surface area contributed by atoms with Crippen molar-refractivity contribution in [1.82, 2.24) is 14.7 Å². The number of carboxylic acid groups (broad SMARTS) is 1. The van der Waals surface area contributed by atoms with Gasteiger partial charge in [0.05, 0.1) is 11.6 Å². The molecule has 41 heavy (non-hydrogen) atoms. The lowest BCUT2D eigenvalue weighted by molar-refractivity contribution is -0.144. The molecular formula is C35H50FN3O2. The molecule has 6 heteroatoms. The Kier molecular flexibility index (Phi) is 9.14. The fraction of sp³-hybridized carbons (Fsp3) is 0.714. The first kappa shape index (κ1) is 28.9. The fourth-order valence-electron chi connectivity index (χ4n) is 8.65. The molecule has 3 aliphatic carbocycles. The number of likely N-dealkylation sites (tertiary alicyclic amines) is 1. The van der Waals surface area contributed by atoms with Crippen LogP contribution in [0.1, 0.15) is 113 Å². The van der Waals surface area contributed by atoms with E-state index < -0.39 is 5.97 Å². The predicted octanol–water partition coefficient (Wildman–Crippen LogP) is 7.66. The summed E-state index contributed by atoms with van der Waals surface area (Å²) >= 11 is 0. The molecular weight excluding hydrogens is 513 g/mol. The number of nitrogens with zero attached hydrogens (tertiary/aromatic N) is 3. The van der Waals surface area contributed by atoms with Crippen LogP contribution in [0.3, 0.4) is 0 Å². The molecule has 4 aliphatic rings. The Morgan fingerprint density at radius 3 is 2.49 bits per heavy atom. The Labute approximate surface area is 245 Å². The number of halogens is 1. The highest BCUT2D eigenvalue weighted by molar-refractivity contribution is 5.70. The summed E-state index contributed by atoms with van der Waals surface area (Å²) in [5.74, 6) is 1.69. The van der Waals surface area contributed by atoms with Gasteiger partial charge in [-0.1, -0.05) is 57.1 Å². The average Bonchev–Trinajstić information content (AvgIpc) is 3.57. The van der Waals surface area contributed by atoms with Gasteiger partial charge in [-0.2, -0.15) is 5.10 Å². The van der Waals surface area contributed by atoms with Gasteiger partial charge in [0.25, 0.3) is 0 Å². The maximum atomic E-state index is 14.3. The van der Waals surface area contributed by atoms with Crippen molar-refractivity contribution < 1.29 is 14.3 Å². The van der Waals surface area contributed by atoms with Gasteiger partial charge in [-0.05, 0) is 112 Å². The number of aryl methyl sites for hydroxylation is 1. The standard InChI is InChI=1S/C35H50FN3O2/c1-2-39-34(22-31(37-39)17-24-7-4-3-5-8-24)26-13-15-38(16-14-26)23-29-19-28(33(35(40)41)18-25-11-12-25)21-32(29)27-9-6-10-30(36)20-27/h6,9-10,20,22,24-26,28-29,32-33H,2-5,7-8,11-19,21,23H2,1H3,(H,40,41)/t28?,29?,32-,33?/m1/s1. The van der Waals surface area contributed by atoms with Gasteiger partial charge in [0.15, 0.2) is 0 Å². The van der Waals surface area contributed by atoms with E-state index in [2.05, 4.69) is 28.6 Å². The van der Waals surface area contributed by atoms with Crippen LogP contribution in [0.25, 0.3) is 0 Å². The molecule has 3 saturated carbocycles. The lowest BCUT2D eigenvalue weighted by Gasteiger charge is -2.35. The van der Waals surface area contributed by atoms with Gasteiger partial charge < -0.3 is 10.0 Å². The summed E-state index contributed by atoms with van der Waals surface area (Å²) in [6, 6.07) is 9.51. The highest BCUT2D eigenvalue weighted by Crippen LogP contribution is 2.49. The third-order valence-electron chi connectivity index (χ3n) is 11.1. The van der Waals surface area contributed by atoms with Crippen molar-refractivity contribution in [2.45, 2.75) is 109 Å². The number of carboxylic acids is 1. The number of hydrogen-bond acceptors (Lipinski definition) is 3. The lowest BCUT2D eigenvalue weighted by atomic mass is 9.85. The van der Waals surface area contributed by atoms with Crippen LogP contribution in [0.2, 0.25) is 0 Å². The molecule has 224 valence electrons. The first-order valence-electron chi connectivity index (χ1n) is 16.7. The van der Waals surface area contributed by atoms with Crippen LogP contribution in [-0.4, -0.2) is 45.4 Å². The van der Waals surface area contributed by atoms with Crippen molar-refractivity contribution in [3.63, 3.8) is 0 Å². The summed E-state index contributed by atoms with van der Waals surface area (Å²) in [6.07, 6.45) is 15.3. The molecule has 6 rings (SSSR count). The smallest absolute Gasteiger partial charge is 0.306 e. The molecule has 2 heterocycles. The topological polar surface area (TPSA) is 58.4 Å². The molecule has 4 fully saturated rings. The van der Waals surface area contributed by atoms with Crippen LogP contribution in [0.15, 0.2) is 30.3 Å². The number of hydrogen-bond donors (Lipinski definition) is 1. The molecule has 2 aromatic rings. The molecule has 0 radical (unpaired) electrons. The molecule has 1 aliphatic heterocycles. The van der Waals surface area contributed by atoms with Crippen molar-refractivity contribution in [2.24, 2.45) is 29.6 Å². The van der Waals surface area contributed by atoms with Gasteiger partial charge in [-0.25, -0.2) is 4.39 Å². The highest BCUT2D eigenvalue weighted by Gasteiger charge is 2.43. The monoisotopic (exact) mass is 563 g/mol. The Bertz CT molecular complexity index is 1160. The van der Waals surface area contributed by atoms with Gasteiger partial charge in [0, 0.05) is 24.7 Å². The van der Waals surface area contributed by atoms with Crippen LogP contribution in [0.5, 0.6) is 0 Å². The zero-order valence-corrected chi connectivity index (χ0v) is 25.0. The molecule has 0 spiro atoms. The van der Waals surface area contributed by atoms with Crippen molar-refractivity contribution in [3.8, 4) is 0 Å². The van der Waals surface area contributed by atoms with E-state index in [-0.39, 0.29) is 23.6 Å². The summed E-state index contributed by atoms with van der Waals surface area (Å²) in [7, 11) is 0. The summed E-state index contributed by atoms with van der Waals surface area (Å²) in [4.78, 5) is 14.9. The van der Waals surface area contributed by atoms with E-state index in [1.165, 1.54) is 62.4 Å². The van der Waals surface area contributed by atoms with Gasteiger partial charge in [-0.15, -0.1) is 0 Å². The molecule has 1 N–H and O–H groups in total. The highest BCUT2D eigenvalue weighted by atomic mass is 19.1. The van der Waals surface area contributed by atoms with Crippen LogP contribution < -0.4 is 0 Å². The van der Waals surface area contributed by atoms with E-state index in [1.807, 2.05) is 6.07 Å². The molecule has 1 saturated heterocycles. The second-order valence-corrected chi connectivity index (χ2v) is 13.9. The third-order valence-corrected chi connectivity index (χ3v) is 11.1. The van der Waals surface area contributed by atoms with Crippen LogP contribution in [-0.2, 0) is 17.8 Å². The lowest BCUT2D eigenvalue weighted by Crippen LogP contribution is -2.37. The zero-order chi connectivity index (χ0) is 28.3. The molecule has 0 bridgehead atoms. The number of benzene rings is 1. The number of carbonyl (C=O) groups is 1. The molecule has 3 unspecified atom stereocenters. The van der Waals surface area contributed by atoms with Gasteiger partial charge in [0.1, 0.15) is 5.82 Å². The first-order chi connectivity index (χ1) is 20.0. The molecule has 5 nitrogen and oxygen atoms in total. The number of aromatic nitrogens is 2. The minimum atomic E-state index is -0.628. The van der Waals surface area contributed by atoms with Gasteiger partial charge >= 0.3 is 5.97 Å².